The van der Waals surface area contributed by atoms with Crippen molar-refractivity contribution >= 4 is 5.97 Å². The number of benzene rings is 1. The molecule has 1 saturated heterocycles. The van der Waals surface area contributed by atoms with Gasteiger partial charge >= 0.3 is 5.97 Å². The molecule has 0 aliphatic carbocycles. The Morgan fingerprint density at radius 3 is 2.55 bits per heavy atom. The van der Waals surface area contributed by atoms with Crippen LogP contribution in [0.1, 0.15) is 5.56 Å². The predicted molar refractivity (Wildman–Crippen MR) is 71.9 cm³/mol. The van der Waals surface area contributed by atoms with Gasteiger partial charge in [0.25, 0.3) is 0 Å². The largest absolute Gasteiger partial charge is 0.480 e. The Labute approximate surface area is 117 Å². The van der Waals surface area contributed by atoms with Gasteiger partial charge in [-0.2, -0.15) is 0 Å². The summed E-state index contributed by atoms with van der Waals surface area (Å²) in [6, 6.07) is 6.02. The molecule has 3 rings (SSSR count). The third-order valence-electron chi connectivity index (χ3n) is 3.67. The van der Waals surface area contributed by atoms with Crippen molar-refractivity contribution in [1.29, 1.82) is 0 Å². The second-order valence-corrected chi connectivity index (χ2v) is 5.13. The van der Waals surface area contributed by atoms with Crippen LogP contribution in [0.15, 0.2) is 18.2 Å². The van der Waals surface area contributed by atoms with E-state index in [0.717, 1.165) is 44.2 Å². The van der Waals surface area contributed by atoms with Crippen LogP contribution in [0.4, 0.5) is 0 Å². The van der Waals surface area contributed by atoms with Crippen LogP contribution in [0.3, 0.4) is 0 Å². The summed E-state index contributed by atoms with van der Waals surface area (Å²) in [4.78, 5) is 15.0. The van der Waals surface area contributed by atoms with E-state index in [0.29, 0.717) is 6.79 Å². The number of hydrogen-bond acceptors (Lipinski definition) is 5. The van der Waals surface area contributed by atoms with Gasteiger partial charge in [0.1, 0.15) is 0 Å². The van der Waals surface area contributed by atoms with E-state index in [4.69, 9.17) is 14.6 Å². The van der Waals surface area contributed by atoms with Gasteiger partial charge < -0.3 is 14.6 Å². The second-order valence-electron chi connectivity index (χ2n) is 5.13. The molecule has 0 spiro atoms. The predicted octanol–water partition coefficient (Wildman–Crippen LogP) is 0.617. The van der Waals surface area contributed by atoms with Gasteiger partial charge in [0, 0.05) is 32.7 Å². The highest BCUT2D eigenvalue weighted by Crippen LogP contribution is 2.32. The van der Waals surface area contributed by atoms with Gasteiger partial charge in [-0.25, -0.2) is 0 Å². The molecular weight excluding hydrogens is 260 g/mol. The lowest BCUT2D eigenvalue weighted by atomic mass is 10.1. The van der Waals surface area contributed by atoms with Crippen LogP contribution in [0.5, 0.6) is 11.5 Å². The van der Waals surface area contributed by atoms with Crippen molar-refractivity contribution in [1.82, 2.24) is 9.80 Å². The molecule has 6 nitrogen and oxygen atoms in total. The standard InChI is InChI=1S/C14H18N2O4/c17-14(18)9-16-5-3-15(4-6-16)8-11-1-2-12-13(7-11)20-10-19-12/h1-2,7H,3-6,8-10H2,(H,17,18). The molecule has 0 aromatic heterocycles. The number of aliphatic carboxylic acids is 1. The summed E-state index contributed by atoms with van der Waals surface area (Å²) in [5, 5.41) is 8.78. The molecule has 0 bridgehead atoms. The summed E-state index contributed by atoms with van der Waals surface area (Å²) in [7, 11) is 0. The topological polar surface area (TPSA) is 62.2 Å². The first kappa shape index (κ1) is 13.2. The maximum Gasteiger partial charge on any atom is 0.317 e. The summed E-state index contributed by atoms with van der Waals surface area (Å²) in [6.45, 7) is 4.68. The van der Waals surface area contributed by atoms with Crippen LogP contribution in [0.2, 0.25) is 0 Å². The third-order valence-corrected chi connectivity index (χ3v) is 3.67. The first-order valence-corrected chi connectivity index (χ1v) is 6.76. The maximum atomic E-state index is 10.7. The summed E-state index contributed by atoms with van der Waals surface area (Å²) in [6.07, 6.45) is 0. The van der Waals surface area contributed by atoms with E-state index in [1.807, 2.05) is 17.0 Å². The van der Waals surface area contributed by atoms with E-state index in [2.05, 4.69) is 11.0 Å². The Bertz CT molecular complexity index is 498. The summed E-state index contributed by atoms with van der Waals surface area (Å²) in [5.74, 6) is 0.862. The minimum atomic E-state index is -0.755. The molecule has 0 radical (unpaired) electrons. The molecule has 0 unspecified atom stereocenters. The fraction of sp³-hybridized carbons (Fsp3) is 0.500. The van der Waals surface area contributed by atoms with Crippen molar-refractivity contribution < 1.29 is 19.4 Å². The first-order valence-electron chi connectivity index (χ1n) is 6.76. The summed E-state index contributed by atoms with van der Waals surface area (Å²) >= 11 is 0. The monoisotopic (exact) mass is 278 g/mol. The van der Waals surface area contributed by atoms with Gasteiger partial charge in [-0.15, -0.1) is 0 Å². The average Bonchev–Trinajstić information content (AvgIpc) is 2.88. The molecule has 1 aromatic rings. The molecule has 2 aliphatic heterocycles. The van der Waals surface area contributed by atoms with E-state index < -0.39 is 5.97 Å². The quantitative estimate of drug-likeness (QED) is 0.871. The van der Waals surface area contributed by atoms with Crippen LogP contribution in [0, 0.1) is 0 Å². The lowest BCUT2D eigenvalue weighted by molar-refractivity contribution is -0.138. The molecule has 1 N–H and O–H groups in total. The van der Waals surface area contributed by atoms with Crippen LogP contribution >= 0.6 is 0 Å². The van der Waals surface area contributed by atoms with Crippen LogP contribution in [-0.4, -0.2) is 60.4 Å². The maximum absolute atomic E-state index is 10.7. The zero-order valence-corrected chi connectivity index (χ0v) is 11.2. The summed E-state index contributed by atoms with van der Waals surface area (Å²) < 4.78 is 10.7. The van der Waals surface area contributed by atoms with Crippen molar-refractivity contribution in [2.45, 2.75) is 6.54 Å². The molecule has 0 saturated carbocycles. The van der Waals surface area contributed by atoms with E-state index in [1.165, 1.54) is 5.56 Å². The third kappa shape index (κ3) is 3.02. The zero-order valence-electron chi connectivity index (χ0n) is 11.2. The van der Waals surface area contributed by atoms with Crippen molar-refractivity contribution in [3.63, 3.8) is 0 Å². The minimum Gasteiger partial charge on any atom is -0.480 e. The van der Waals surface area contributed by atoms with E-state index in [1.54, 1.807) is 0 Å². The van der Waals surface area contributed by atoms with E-state index >= 15 is 0 Å². The van der Waals surface area contributed by atoms with Gasteiger partial charge in [0.2, 0.25) is 6.79 Å². The lowest BCUT2D eigenvalue weighted by Crippen LogP contribution is -2.47. The zero-order chi connectivity index (χ0) is 13.9. The number of carboxylic acid groups (broad SMARTS) is 1. The number of ether oxygens (including phenoxy) is 2. The number of rotatable bonds is 4. The Morgan fingerprint density at radius 2 is 1.80 bits per heavy atom. The van der Waals surface area contributed by atoms with E-state index in [-0.39, 0.29) is 6.54 Å². The number of fused-ring (bicyclic) bond motifs is 1. The minimum absolute atomic E-state index is 0.137. The Hall–Kier alpha value is -1.79. The highest BCUT2D eigenvalue weighted by atomic mass is 16.7. The molecule has 2 heterocycles. The molecule has 108 valence electrons. The van der Waals surface area contributed by atoms with Crippen molar-refractivity contribution in [3.05, 3.63) is 23.8 Å². The van der Waals surface area contributed by atoms with Gasteiger partial charge in [-0.05, 0) is 17.7 Å². The van der Waals surface area contributed by atoms with E-state index in [9.17, 15) is 4.79 Å². The highest BCUT2D eigenvalue weighted by Gasteiger charge is 2.19. The number of carbonyl (C=O) groups is 1. The van der Waals surface area contributed by atoms with Crippen LogP contribution in [0.25, 0.3) is 0 Å². The van der Waals surface area contributed by atoms with Crippen molar-refractivity contribution in [3.8, 4) is 11.5 Å². The Balaban J connectivity index is 1.53. The van der Waals surface area contributed by atoms with Gasteiger partial charge in [-0.1, -0.05) is 6.07 Å². The first-order chi connectivity index (χ1) is 9.70. The molecule has 2 aliphatic rings. The molecule has 0 atom stereocenters. The van der Waals surface area contributed by atoms with Crippen molar-refractivity contribution in [2.24, 2.45) is 0 Å². The summed E-state index contributed by atoms with van der Waals surface area (Å²) in [5.41, 5.74) is 1.20. The van der Waals surface area contributed by atoms with Gasteiger partial charge in [0.15, 0.2) is 11.5 Å². The van der Waals surface area contributed by atoms with Crippen LogP contribution < -0.4 is 9.47 Å². The lowest BCUT2D eigenvalue weighted by Gasteiger charge is -2.33. The fourth-order valence-electron chi connectivity index (χ4n) is 2.59. The fourth-order valence-corrected chi connectivity index (χ4v) is 2.59. The SMILES string of the molecule is O=C(O)CN1CCN(Cc2ccc3c(c2)OCO3)CC1. The molecule has 20 heavy (non-hydrogen) atoms. The van der Waals surface area contributed by atoms with Crippen LogP contribution in [-0.2, 0) is 11.3 Å². The molecule has 6 heteroatoms. The molecule has 1 aromatic carbocycles. The molecular formula is C14H18N2O4. The molecule has 0 amide bonds. The Morgan fingerprint density at radius 1 is 1.10 bits per heavy atom. The molecule has 1 fully saturated rings. The Kier molecular flexibility index (Phi) is 3.75. The average molecular weight is 278 g/mol. The number of piperazine rings is 1. The number of carboxylic acids is 1. The number of nitrogens with zero attached hydrogens (tertiary/aromatic N) is 2. The van der Waals surface area contributed by atoms with Crippen molar-refractivity contribution in [2.75, 3.05) is 39.5 Å². The van der Waals surface area contributed by atoms with Gasteiger partial charge in [-0.3, -0.25) is 14.6 Å². The highest BCUT2D eigenvalue weighted by molar-refractivity contribution is 5.69. The number of hydrogen-bond donors (Lipinski definition) is 1. The smallest absolute Gasteiger partial charge is 0.317 e. The second kappa shape index (κ2) is 5.68. The van der Waals surface area contributed by atoms with Gasteiger partial charge in [0.05, 0.1) is 6.54 Å². The normalized spacial score (nSPS) is 19.2.